The molecule has 0 saturated heterocycles. The molecule has 0 bridgehead atoms. The third-order valence-electron chi connectivity index (χ3n) is 1.66. The molecular weight excluding hydrogens is 252 g/mol. The van der Waals surface area contributed by atoms with E-state index < -0.39 is 35.9 Å². The van der Waals surface area contributed by atoms with Gasteiger partial charge in [0.05, 0.1) is 12.5 Å². The van der Waals surface area contributed by atoms with Crippen molar-refractivity contribution in [3.8, 4) is 6.07 Å². The zero-order chi connectivity index (χ0) is 13.3. The zero-order valence-electron chi connectivity index (χ0n) is 7.89. The largest absolute Gasteiger partial charge is 0.451 e. The van der Waals surface area contributed by atoms with E-state index in [2.05, 4.69) is 9.97 Å². The van der Waals surface area contributed by atoms with Crippen LogP contribution in [0.4, 0.5) is 26.3 Å². The second-order valence-corrected chi connectivity index (χ2v) is 2.90. The minimum Gasteiger partial charge on any atom is -0.233 e. The molecule has 0 unspecified atom stereocenters. The van der Waals surface area contributed by atoms with Crippen molar-refractivity contribution in [1.82, 2.24) is 9.97 Å². The Kier molecular flexibility index (Phi) is 3.26. The normalized spacial score (nSPS) is 12.3. The molecule has 17 heavy (non-hydrogen) atoms. The molecule has 1 heterocycles. The lowest BCUT2D eigenvalue weighted by molar-refractivity contribution is -0.153. The van der Waals surface area contributed by atoms with Gasteiger partial charge >= 0.3 is 12.4 Å². The first-order chi connectivity index (χ1) is 7.66. The second-order valence-electron chi connectivity index (χ2n) is 2.90. The lowest BCUT2D eigenvalue weighted by Crippen LogP contribution is -2.19. The average molecular weight is 255 g/mol. The average Bonchev–Trinajstić information content (AvgIpc) is 2.15. The van der Waals surface area contributed by atoms with Crippen molar-refractivity contribution in [2.45, 2.75) is 18.8 Å². The van der Waals surface area contributed by atoms with Crippen LogP contribution in [0.3, 0.4) is 0 Å². The van der Waals surface area contributed by atoms with Gasteiger partial charge in [-0.05, 0) is 0 Å². The SMILES string of the molecule is N#CCc1cnc(C(F)(F)F)nc1C(F)(F)F. The minimum atomic E-state index is -5.06. The third kappa shape index (κ3) is 3.05. The first-order valence-electron chi connectivity index (χ1n) is 4.03. The molecule has 1 rings (SSSR count). The summed E-state index contributed by atoms with van der Waals surface area (Å²) in [6.45, 7) is 0. The van der Waals surface area contributed by atoms with Crippen LogP contribution in [0.2, 0.25) is 0 Å². The zero-order valence-corrected chi connectivity index (χ0v) is 7.89. The molecule has 0 radical (unpaired) electrons. The number of nitrogens with zero attached hydrogens (tertiary/aromatic N) is 3. The van der Waals surface area contributed by atoms with Gasteiger partial charge in [0.15, 0.2) is 5.69 Å². The van der Waals surface area contributed by atoms with Gasteiger partial charge < -0.3 is 0 Å². The van der Waals surface area contributed by atoms with Crippen molar-refractivity contribution < 1.29 is 26.3 Å². The molecule has 1 aromatic heterocycles. The molecule has 92 valence electrons. The van der Waals surface area contributed by atoms with Gasteiger partial charge in [-0.15, -0.1) is 0 Å². The van der Waals surface area contributed by atoms with Crippen LogP contribution in [0, 0.1) is 11.3 Å². The number of hydrogen-bond donors (Lipinski definition) is 0. The van der Waals surface area contributed by atoms with Crippen LogP contribution in [0.5, 0.6) is 0 Å². The Morgan fingerprint density at radius 3 is 2.12 bits per heavy atom. The van der Waals surface area contributed by atoms with Crippen LogP contribution in [0.1, 0.15) is 17.1 Å². The predicted molar refractivity (Wildman–Crippen MR) is 41.4 cm³/mol. The summed E-state index contributed by atoms with van der Waals surface area (Å²) in [5.74, 6) is -1.88. The van der Waals surface area contributed by atoms with E-state index in [-0.39, 0.29) is 0 Å². The summed E-state index contributed by atoms with van der Waals surface area (Å²) in [5.41, 5.74) is -2.42. The van der Waals surface area contributed by atoms with E-state index in [9.17, 15) is 26.3 Å². The molecule has 3 nitrogen and oxygen atoms in total. The van der Waals surface area contributed by atoms with Crippen LogP contribution >= 0.6 is 0 Å². The quantitative estimate of drug-likeness (QED) is 0.724. The first-order valence-corrected chi connectivity index (χ1v) is 4.03. The maximum Gasteiger partial charge on any atom is 0.451 e. The van der Waals surface area contributed by atoms with Crippen molar-refractivity contribution in [3.05, 3.63) is 23.3 Å². The Labute approximate surface area is 90.7 Å². The molecule has 0 aliphatic heterocycles. The van der Waals surface area contributed by atoms with Crippen molar-refractivity contribution in [3.63, 3.8) is 0 Å². The number of nitriles is 1. The van der Waals surface area contributed by atoms with Crippen molar-refractivity contribution in [2.24, 2.45) is 0 Å². The smallest absolute Gasteiger partial charge is 0.233 e. The van der Waals surface area contributed by atoms with E-state index in [1.54, 1.807) is 0 Å². The van der Waals surface area contributed by atoms with E-state index in [0.29, 0.717) is 6.20 Å². The highest BCUT2D eigenvalue weighted by molar-refractivity contribution is 5.24. The summed E-state index contributed by atoms with van der Waals surface area (Å²) in [5, 5.41) is 8.24. The van der Waals surface area contributed by atoms with Gasteiger partial charge in [-0.2, -0.15) is 31.6 Å². The number of aromatic nitrogens is 2. The second kappa shape index (κ2) is 4.20. The summed E-state index contributed by atoms with van der Waals surface area (Å²) in [7, 11) is 0. The van der Waals surface area contributed by atoms with Crippen LogP contribution in [0.25, 0.3) is 0 Å². The Morgan fingerprint density at radius 1 is 1.12 bits per heavy atom. The van der Waals surface area contributed by atoms with Crippen LogP contribution in [-0.4, -0.2) is 9.97 Å². The summed E-state index contributed by atoms with van der Waals surface area (Å²) in [6, 6.07) is 1.39. The molecule has 0 aliphatic rings. The fourth-order valence-electron chi connectivity index (χ4n) is 1.00. The fourth-order valence-corrected chi connectivity index (χ4v) is 1.00. The van der Waals surface area contributed by atoms with Crippen molar-refractivity contribution >= 4 is 0 Å². The van der Waals surface area contributed by atoms with E-state index >= 15 is 0 Å². The topological polar surface area (TPSA) is 49.6 Å². The summed E-state index contributed by atoms with van der Waals surface area (Å²) in [6.07, 6.45) is -10.5. The van der Waals surface area contributed by atoms with Gasteiger partial charge in [0.2, 0.25) is 5.82 Å². The standard InChI is InChI=1S/C8H3F6N3/c9-7(10,11)5-4(1-2-15)3-16-6(17-5)8(12,13)14/h3H,1H2. The molecule has 0 N–H and O–H groups in total. The van der Waals surface area contributed by atoms with E-state index in [1.165, 1.54) is 6.07 Å². The first kappa shape index (κ1) is 13.2. The Balaban J connectivity index is 3.36. The fraction of sp³-hybridized carbons (Fsp3) is 0.375. The van der Waals surface area contributed by atoms with E-state index in [1.807, 2.05) is 0 Å². The van der Waals surface area contributed by atoms with E-state index in [0.717, 1.165) is 0 Å². The number of hydrogen-bond acceptors (Lipinski definition) is 3. The van der Waals surface area contributed by atoms with Crippen LogP contribution in [0.15, 0.2) is 6.20 Å². The van der Waals surface area contributed by atoms with Crippen LogP contribution in [-0.2, 0) is 18.8 Å². The Morgan fingerprint density at radius 2 is 1.71 bits per heavy atom. The maximum atomic E-state index is 12.4. The van der Waals surface area contributed by atoms with Gasteiger partial charge in [-0.25, -0.2) is 9.97 Å². The maximum absolute atomic E-state index is 12.4. The number of halogens is 6. The highest BCUT2D eigenvalue weighted by atomic mass is 19.4. The van der Waals surface area contributed by atoms with Gasteiger partial charge in [0.25, 0.3) is 0 Å². The minimum absolute atomic E-state index is 0.363. The van der Waals surface area contributed by atoms with Crippen LogP contribution < -0.4 is 0 Å². The molecule has 0 fully saturated rings. The highest BCUT2D eigenvalue weighted by Crippen LogP contribution is 2.33. The molecule has 0 amide bonds. The molecule has 9 heteroatoms. The van der Waals surface area contributed by atoms with Gasteiger partial charge in [-0.3, -0.25) is 0 Å². The monoisotopic (exact) mass is 255 g/mol. The van der Waals surface area contributed by atoms with Gasteiger partial charge in [-0.1, -0.05) is 0 Å². The number of alkyl halides is 6. The summed E-state index contributed by atoms with van der Waals surface area (Å²) < 4.78 is 73.5. The molecule has 1 aromatic rings. The summed E-state index contributed by atoms with van der Waals surface area (Å²) >= 11 is 0. The summed E-state index contributed by atoms with van der Waals surface area (Å²) in [4.78, 5) is 5.18. The molecule has 0 atom stereocenters. The highest BCUT2D eigenvalue weighted by Gasteiger charge is 2.41. The third-order valence-corrected chi connectivity index (χ3v) is 1.66. The number of rotatable bonds is 1. The molecular formula is C8H3F6N3. The van der Waals surface area contributed by atoms with Gasteiger partial charge in [0, 0.05) is 11.8 Å². The predicted octanol–water partition coefficient (Wildman–Crippen LogP) is 2.58. The van der Waals surface area contributed by atoms with E-state index in [4.69, 9.17) is 5.26 Å². The lowest BCUT2D eigenvalue weighted by atomic mass is 10.1. The molecule has 0 saturated carbocycles. The Hall–Kier alpha value is -1.85. The van der Waals surface area contributed by atoms with Crippen molar-refractivity contribution in [2.75, 3.05) is 0 Å². The van der Waals surface area contributed by atoms with Gasteiger partial charge in [0.1, 0.15) is 0 Å². The van der Waals surface area contributed by atoms with Crippen molar-refractivity contribution in [1.29, 1.82) is 5.26 Å². The molecule has 0 spiro atoms. The molecule has 0 aromatic carbocycles. The lowest BCUT2D eigenvalue weighted by Gasteiger charge is -2.12. The molecule has 0 aliphatic carbocycles. The Bertz CT molecular complexity index is 456.